The first-order chi connectivity index (χ1) is 7.38. The molecule has 0 radical (unpaired) electrons. The van der Waals surface area contributed by atoms with E-state index >= 15 is 0 Å². The Bertz CT molecular complexity index is 315. The van der Waals surface area contributed by atoms with E-state index in [0.29, 0.717) is 13.0 Å². The van der Waals surface area contributed by atoms with Crippen molar-refractivity contribution in [3.8, 4) is 0 Å². The van der Waals surface area contributed by atoms with Crippen LogP contribution < -0.4 is 0 Å². The number of aliphatic hydroxyl groups is 1. The van der Waals surface area contributed by atoms with Gasteiger partial charge < -0.3 is 9.84 Å². The van der Waals surface area contributed by atoms with Crippen LogP contribution in [-0.2, 0) is 18.2 Å². The number of hydrogen-bond donors (Lipinski definition) is 1. The van der Waals surface area contributed by atoms with E-state index in [0.717, 1.165) is 12.1 Å². The minimum atomic E-state index is -0.408. The summed E-state index contributed by atoms with van der Waals surface area (Å²) in [4.78, 5) is 0. The number of aromatic nitrogens is 2. The van der Waals surface area contributed by atoms with E-state index in [-0.39, 0.29) is 5.60 Å². The average Bonchev–Trinajstić information content (AvgIpc) is 2.57. The number of nitrogens with zero attached hydrogens (tertiary/aromatic N) is 2. The van der Waals surface area contributed by atoms with Gasteiger partial charge >= 0.3 is 0 Å². The Morgan fingerprint density at radius 3 is 2.69 bits per heavy atom. The van der Waals surface area contributed by atoms with Crippen molar-refractivity contribution in [3.05, 3.63) is 18.0 Å². The van der Waals surface area contributed by atoms with Gasteiger partial charge in [0.1, 0.15) is 0 Å². The van der Waals surface area contributed by atoms with Crippen molar-refractivity contribution in [3.63, 3.8) is 0 Å². The Labute approximate surface area is 97.2 Å². The zero-order valence-corrected chi connectivity index (χ0v) is 10.6. The molecule has 1 atom stereocenters. The van der Waals surface area contributed by atoms with E-state index in [9.17, 15) is 5.11 Å². The molecule has 0 aliphatic heterocycles. The highest BCUT2D eigenvalue weighted by atomic mass is 16.5. The average molecular weight is 226 g/mol. The summed E-state index contributed by atoms with van der Waals surface area (Å²) in [6, 6.07) is 1.97. The van der Waals surface area contributed by atoms with E-state index in [1.54, 1.807) is 6.20 Å². The predicted molar refractivity (Wildman–Crippen MR) is 63.2 cm³/mol. The van der Waals surface area contributed by atoms with Crippen LogP contribution in [-0.4, -0.2) is 33.2 Å². The Hall–Kier alpha value is -0.870. The molecule has 0 fully saturated rings. The zero-order chi connectivity index (χ0) is 12.2. The van der Waals surface area contributed by atoms with Crippen LogP contribution in [0.4, 0.5) is 0 Å². The van der Waals surface area contributed by atoms with E-state index in [1.807, 2.05) is 38.6 Å². The van der Waals surface area contributed by atoms with Crippen LogP contribution in [0.2, 0.25) is 0 Å². The van der Waals surface area contributed by atoms with Gasteiger partial charge in [0.05, 0.1) is 18.3 Å². The predicted octanol–water partition coefficient (Wildman–Crippen LogP) is 1.53. The van der Waals surface area contributed by atoms with Gasteiger partial charge in [-0.25, -0.2) is 0 Å². The van der Waals surface area contributed by atoms with Gasteiger partial charge in [0, 0.05) is 18.9 Å². The highest BCUT2D eigenvalue weighted by Crippen LogP contribution is 2.10. The molecular formula is C12H22N2O2. The Kier molecular flexibility index (Phi) is 4.50. The molecule has 0 bridgehead atoms. The van der Waals surface area contributed by atoms with Crippen LogP contribution >= 0.6 is 0 Å². The van der Waals surface area contributed by atoms with Gasteiger partial charge in [0.25, 0.3) is 0 Å². The molecule has 92 valence electrons. The number of ether oxygens (including phenoxy) is 1. The fourth-order valence-electron chi connectivity index (χ4n) is 1.39. The van der Waals surface area contributed by atoms with Gasteiger partial charge in [-0.1, -0.05) is 0 Å². The molecule has 1 N–H and O–H groups in total. The smallest absolute Gasteiger partial charge is 0.0777 e. The lowest BCUT2D eigenvalue weighted by molar-refractivity contribution is -0.0503. The number of aliphatic hydroxyl groups excluding tert-OH is 1. The van der Waals surface area contributed by atoms with Crippen molar-refractivity contribution in [1.82, 2.24) is 9.78 Å². The van der Waals surface area contributed by atoms with Gasteiger partial charge in [-0.05, 0) is 39.7 Å². The summed E-state index contributed by atoms with van der Waals surface area (Å²) in [5, 5.41) is 13.8. The molecule has 0 aliphatic rings. The van der Waals surface area contributed by atoms with Crippen molar-refractivity contribution in [2.75, 3.05) is 6.61 Å². The van der Waals surface area contributed by atoms with Gasteiger partial charge in [-0.2, -0.15) is 5.10 Å². The third kappa shape index (κ3) is 4.77. The lowest BCUT2D eigenvalue weighted by Gasteiger charge is -2.21. The maximum atomic E-state index is 9.75. The summed E-state index contributed by atoms with van der Waals surface area (Å²) < 4.78 is 7.35. The molecule has 0 aromatic carbocycles. The molecule has 4 heteroatoms. The quantitative estimate of drug-likeness (QED) is 0.828. The summed E-state index contributed by atoms with van der Waals surface area (Å²) in [5.41, 5.74) is 0.947. The van der Waals surface area contributed by atoms with E-state index in [2.05, 4.69) is 5.10 Å². The minimum Gasteiger partial charge on any atom is -0.391 e. The maximum Gasteiger partial charge on any atom is 0.0777 e. The molecule has 1 aromatic heterocycles. The van der Waals surface area contributed by atoms with Crippen LogP contribution in [0, 0.1) is 0 Å². The molecule has 1 heterocycles. The van der Waals surface area contributed by atoms with Gasteiger partial charge in [0.2, 0.25) is 0 Å². The summed E-state index contributed by atoms with van der Waals surface area (Å²) >= 11 is 0. The zero-order valence-electron chi connectivity index (χ0n) is 10.6. The second-order valence-electron chi connectivity index (χ2n) is 5.06. The molecule has 0 amide bonds. The Morgan fingerprint density at radius 2 is 2.19 bits per heavy atom. The van der Waals surface area contributed by atoms with Gasteiger partial charge in [-0.3, -0.25) is 4.68 Å². The molecule has 0 saturated carbocycles. The lowest BCUT2D eigenvalue weighted by Crippen LogP contribution is -2.26. The van der Waals surface area contributed by atoms with Crippen molar-refractivity contribution in [2.45, 2.75) is 45.3 Å². The topological polar surface area (TPSA) is 47.3 Å². The minimum absolute atomic E-state index is 0.187. The van der Waals surface area contributed by atoms with Crippen molar-refractivity contribution in [2.24, 2.45) is 7.05 Å². The van der Waals surface area contributed by atoms with Crippen LogP contribution in [0.3, 0.4) is 0 Å². The Morgan fingerprint density at radius 1 is 1.50 bits per heavy atom. The molecule has 1 rings (SSSR count). The van der Waals surface area contributed by atoms with E-state index in [1.165, 1.54) is 0 Å². The third-order valence-electron chi connectivity index (χ3n) is 2.36. The lowest BCUT2D eigenvalue weighted by atomic mass is 10.1. The first-order valence-corrected chi connectivity index (χ1v) is 5.67. The molecular weight excluding hydrogens is 204 g/mol. The number of rotatable bonds is 5. The summed E-state index contributed by atoms with van der Waals surface area (Å²) in [7, 11) is 1.91. The second-order valence-corrected chi connectivity index (χ2v) is 5.06. The standard InChI is InChI=1S/C12H22N2O2/c1-12(2,3)16-9-11(15)6-5-10-7-8-13-14(10)4/h7-8,11,15H,5-6,9H2,1-4H3. The first kappa shape index (κ1) is 13.2. The third-order valence-corrected chi connectivity index (χ3v) is 2.36. The first-order valence-electron chi connectivity index (χ1n) is 5.67. The van der Waals surface area contributed by atoms with E-state index in [4.69, 9.17) is 4.74 Å². The fourth-order valence-corrected chi connectivity index (χ4v) is 1.39. The largest absolute Gasteiger partial charge is 0.391 e. The highest BCUT2D eigenvalue weighted by molar-refractivity contribution is 5.00. The fraction of sp³-hybridized carbons (Fsp3) is 0.750. The van der Waals surface area contributed by atoms with Gasteiger partial charge in [0.15, 0.2) is 0 Å². The van der Waals surface area contributed by atoms with Crippen LogP contribution in [0.5, 0.6) is 0 Å². The second kappa shape index (κ2) is 5.46. The van der Waals surface area contributed by atoms with Crippen LogP contribution in [0.1, 0.15) is 32.9 Å². The molecule has 0 aliphatic carbocycles. The number of hydrogen-bond acceptors (Lipinski definition) is 3. The summed E-state index contributed by atoms with van der Waals surface area (Å²) in [6.45, 7) is 6.35. The van der Waals surface area contributed by atoms with E-state index < -0.39 is 6.10 Å². The summed E-state index contributed by atoms with van der Waals surface area (Å²) in [6.07, 6.45) is 2.89. The van der Waals surface area contributed by atoms with Crippen molar-refractivity contribution >= 4 is 0 Å². The van der Waals surface area contributed by atoms with Crippen LogP contribution in [0.25, 0.3) is 0 Å². The molecule has 0 spiro atoms. The molecule has 4 nitrogen and oxygen atoms in total. The van der Waals surface area contributed by atoms with Crippen LogP contribution in [0.15, 0.2) is 12.3 Å². The highest BCUT2D eigenvalue weighted by Gasteiger charge is 2.13. The normalized spacial score (nSPS) is 14.1. The SMILES string of the molecule is Cn1nccc1CCC(O)COC(C)(C)C. The van der Waals surface area contributed by atoms with Crippen molar-refractivity contribution in [1.29, 1.82) is 0 Å². The molecule has 1 aromatic rings. The summed E-state index contributed by atoms with van der Waals surface area (Å²) in [5.74, 6) is 0. The maximum absolute atomic E-state index is 9.75. The van der Waals surface area contributed by atoms with Gasteiger partial charge in [-0.15, -0.1) is 0 Å². The molecule has 0 saturated heterocycles. The van der Waals surface area contributed by atoms with Crippen molar-refractivity contribution < 1.29 is 9.84 Å². The number of aryl methyl sites for hydroxylation is 2. The molecule has 16 heavy (non-hydrogen) atoms. The Balaban J connectivity index is 2.25. The monoisotopic (exact) mass is 226 g/mol. The molecule has 1 unspecified atom stereocenters.